The molecule has 0 radical (unpaired) electrons. The van der Waals surface area contributed by atoms with Gasteiger partial charge in [-0.05, 0) is 33.6 Å². The van der Waals surface area contributed by atoms with Gasteiger partial charge in [0.25, 0.3) is 5.91 Å². The van der Waals surface area contributed by atoms with E-state index in [0.29, 0.717) is 25.5 Å². The minimum atomic E-state index is -0.477. The fourth-order valence-corrected chi connectivity index (χ4v) is 2.95. The van der Waals surface area contributed by atoms with Gasteiger partial charge in [0.2, 0.25) is 0 Å². The third-order valence-corrected chi connectivity index (χ3v) is 4.05. The van der Waals surface area contributed by atoms with Gasteiger partial charge in [0, 0.05) is 19.1 Å². The highest BCUT2D eigenvalue weighted by atomic mass is 16.6. The van der Waals surface area contributed by atoms with Crippen LogP contribution in [0.15, 0.2) is 12.5 Å². The van der Waals surface area contributed by atoms with Crippen molar-refractivity contribution >= 4 is 12.0 Å². The molecule has 0 spiro atoms. The van der Waals surface area contributed by atoms with Gasteiger partial charge in [-0.25, -0.2) is 9.78 Å². The predicted molar refractivity (Wildman–Crippen MR) is 79.2 cm³/mol. The lowest BCUT2D eigenvalue weighted by Crippen LogP contribution is -2.48. The number of hydrogen-bond acceptors (Lipinski definition) is 4. The van der Waals surface area contributed by atoms with Crippen LogP contribution in [0.4, 0.5) is 4.79 Å². The van der Waals surface area contributed by atoms with Crippen LogP contribution in [0.1, 0.15) is 44.1 Å². The van der Waals surface area contributed by atoms with E-state index < -0.39 is 5.60 Å². The molecule has 0 N–H and O–H groups in total. The molecule has 0 unspecified atom stereocenters. The molecule has 1 saturated heterocycles. The summed E-state index contributed by atoms with van der Waals surface area (Å²) < 4.78 is 7.26. The molecule has 0 saturated carbocycles. The average Bonchev–Trinajstić information content (AvgIpc) is 3.01. The Morgan fingerprint density at radius 1 is 1.32 bits per heavy atom. The van der Waals surface area contributed by atoms with Crippen molar-refractivity contribution in [2.45, 2.75) is 51.9 Å². The number of nitrogens with zero attached hydrogens (tertiary/aromatic N) is 4. The fourth-order valence-electron chi connectivity index (χ4n) is 2.95. The van der Waals surface area contributed by atoms with E-state index in [4.69, 9.17) is 4.74 Å². The number of piperidine rings is 1. The van der Waals surface area contributed by atoms with Gasteiger partial charge in [-0.2, -0.15) is 0 Å². The molecular formula is C15H22N4O3. The predicted octanol–water partition coefficient (Wildman–Crippen LogP) is 1.70. The Bertz CT molecular complexity index is 582. The molecule has 1 aromatic heterocycles. The Labute approximate surface area is 129 Å². The first kappa shape index (κ1) is 14.9. The second-order valence-corrected chi connectivity index (χ2v) is 6.86. The Balaban J connectivity index is 1.56. The Kier molecular flexibility index (Phi) is 3.58. The second-order valence-electron chi connectivity index (χ2n) is 6.86. The summed E-state index contributed by atoms with van der Waals surface area (Å²) >= 11 is 0. The van der Waals surface area contributed by atoms with Gasteiger partial charge in [0.15, 0.2) is 0 Å². The number of carbonyl (C=O) groups excluding carboxylic acids is 2. The average molecular weight is 306 g/mol. The van der Waals surface area contributed by atoms with Crippen molar-refractivity contribution in [1.82, 2.24) is 19.4 Å². The molecule has 0 aromatic carbocycles. The number of fused-ring (bicyclic) bond motifs is 1. The summed E-state index contributed by atoms with van der Waals surface area (Å²) in [4.78, 5) is 32.0. The Morgan fingerprint density at radius 3 is 2.59 bits per heavy atom. The van der Waals surface area contributed by atoms with Crippen LogP contribution in [0.5, 0.6) is 0 Å². The number of imidazole rings is 1. The third kappa shape index (κ3) is 2.80. The standard InChI is InChI=1S/C15H22N4O3/c1-15(2,3)22-14(21)17-6-4-11(5-7-17)19-10-18-9-16-8-12(18)13(19)20/h8-9,11H,4-7,10H2,1-3H3. The van der Waals surface area contributed by atoms with Gasteiger partial charge in [0.05, 0.1) is 19.2 Å². The van der Waals surface area contributed by atoms with Gasteiger partial charge in [-0.1, -0.05) is 0 Å². The minimum absolute atomic E-state index is 0.0354. The lowest BCUT2D eigenvalue weighted by atomic mass is 10.0. The van der Waals surface area contributed by atoms with Gasteiger partial charge < -0.3 is 19.1 Å². The molecule has 3 rings (SSSR count). The van der Waals surface area contributed by atoms with Crippen molar-refractivity contribution in [3.05, 3.63) is 18.2 Å². The topological polar surface area (TPSA) is 67.7 Å². The normalized spacial score (nSPS) is 19.5. The van der Waals surface area contributed by atoms with Crippen molar-refractivity contribution in [2.75, 3.05) is 13.1 Å². The minimum Gasteiger partial charge on any atom is -0.444 e. The maximum atomic E-state index is 12.3. The second kappa shape index (κ2) is 5.30. The fraction of sp³-hybridized carbons (Fsp3) is 0.667. The van der Waals surface area contributed by atoms with Crippen LogP contribution in [0.3, 0.4) is 0 Å². The summed E-state index contributed by atoms with van der Waals surface area (Å²) in [5.74, 6) is 0.0354. The summed E-state index contributed by atoms with van der Waals surface area (Å²) in [6, 6.07) is 0.172. The number of carbonyl (C=O) groups is 2. The van der Waals surface area contributed by atoms with Crippen LogP contribution in [0, 0.1) is 0 Å². The molecular weight excluding hydrogens is 284 g/mol. The number of ether oxygens (including phenoxy) is 1. The van der Waals surface area contributed by atoms with Gasteiger partial charge >= 0.3 is 6.09 Å². The lowest BCUT2D eigenvalue weighted by Gasteiger charge is -2.36. The van der Waals surface area contributed by atoms with E-state index in [0.717, 1.165) is 12.8 Å². The summed E-state index contributed by atoms with van der Waals surface area (Å²) in [6.07, 6.45) is 4.59. The molecule has 2 aliphatic rings. The first-order valence-electron chi connectivity index (χ1n) is 7.64. The van der Waals surface area contributed by atoms with Crippen molar-refractivity contribution < 1.29 is 14.3 Å². The smallest absolute Gasteiger partial charge is 0.410 e. The summed E-state index contributed by atoms with van der Waals surface area (Å²) in [6.45, 7) is 7.40. The van der Waals surface area contributed by atoms with E-state index in [2.05, 4.69) is 4.98 Å². The molecule has 3 heterocycles. The quantitative estimate of drug-likeness (QED) is 0.792. The number of amides is 2. The van der Waals surface area contributed by atoms with E-state index in [1.54, 1.807) is 17.4 Å². The highest BCUT2D eigenvalue weighted by Gasteiger charge is 2.36. The van der Waals surface area contributed by atoms with Crippen molar-refractivity contribution in [1.29, 1.82) is 0 Å². The number of rotatable bonds is 1. The largest absolute Gasteiger partial charge is 0.444 e. The molecule has 22 heavy (non-hydrogen) atoms. The maximum absolute atomic E-state index is 12.3. The van der Waals surface area contributed by atoms with Crippen molar-refractivity contribution in [2.24, 2.45) is 0 Å². The zero-order valence-corrected chi connectivity index (χ0v) is 13.3. The molecule has 2 aliphatic heterocycles. The first-order chi connectivity index (χ1) is 10.3. The number of aromatic nitrogens is 2. The molecule has 1 fully saturated rings. The zero-order chi connectivity index (χ0) is 15.9. The SMILES string of the molecule is CC(C)(C)OC(=O)N1CCC(N2Cn3cncc3C2=O)CC1. The lowest BCUT2D eigenvalue weighted by molar-refractivity contribution is 0.0141. The zero-order valence-electron chi connectivity index (χ0n) is 13.3. The molecule has 1 aromatic rings. The highest BCUT2D eigenvalue weighted by molar-refractivity contribution is 5.94. The van der Waals surface area contributed by atoms with Crippen LogP contribution in [-0.2, 0) is 11.4 Å². The van der Waals surface area contributed by atoms with Gasteiger partial charge in [0.1, 0.15) is 11.3 Å². The van der Waals surface area contributed by atoms with E-state index >= 15 is 0 Å². The third-order valence-electron chi connectivity index (χ3n) is 4.05. The van der Waals surface area contributed by atoms with Crippen molar-refractivity contribution in [3.8, 4) is 0 Å². The van der Waals surface area contributed by atoms with E-state index in [-0.39, 0.29) is 18.0 Å². The van der Waals surface area contributed by atoms with Gasteiger partial charge in [-0.3, -0.25) is 4.79 Å². The molecule has 0 aliphatic carbocycles. The molecule has 2 amide bonds. The first-order valence-corrected chi connectivity index (χ1v) is 7.64. The van der Waals surface area contributed by atoms with Crippen LogP contribution in [0.25, 0.3) is 0 Å². The Morgan fingerprint density at radius 2 is 2.00 bits per heavy atom. The van der Waals surface area contributed by atoms with Crippen LogP contribution in [0.2, 0.25) is 0 Å². The summed E-state index contributed by atoms with van der Waals surface area (Å²) in [5.41, 5.74) is 0.171. The number of hydrogen-bond donors (Lipinski definition) is 0. The molecule has 7 heteroatoms. The van der Waals surface area contributed by atoms with E-state index in [1.807, 2.05) is 30.2 Å². The van der Waals surface area contributed by atoms with E-state index in [1.165, 1.54) is 0 Å². The van der Waals surface area contributed by atoms with Crippen LogP contribution in [-0.4, -0.2) is 56.1 Å². The van der Waals surface area contributed by atoms with Crippen LogP contribution >= 0.6 is 0 Å². The van der Waals surface area contributed by atoms with Crippen molar-refractivity contribution in [3.63, 3.8) is 0 Å². The molecule has 0 bridgehead atoms. The maximum Gasteiger partial charge on any atom is 0.410 e. The monoisotopic (exact) mass is 306 g/mol. The molecule has 120 valence electrons. The number of likely N-dealkylation sites (tertiary alicyclic amines) is 1. The van der Waals surface area contributed by atoms with Gasteiger partial charge in [-0.15, -0.1) is 0 Å². The van der Waals surface area contributed by atoms with Crippen LogP contribution < -0.4 is 0 Å². The Hall–Kier alpha value is -2.05. The van der Waals surface area contributed by atoms with E-state index in [9.17, 15) is 9.59 Å². The summed E-state index contributed by atoms with van der Waals surface area (Å²) in [5, 5.41) is 0. The molecule has 7 nitrogen and oxygen atoms in total. The highest BCUT2D eigenvalue weighted by Crippen LogP contribution is 2.24. The molecule has 0 atom stereocenters. The summed E-state index contributed by atoms with van der Waals surface area (Å²) in [7, 11) is 0.